The van der Waals surface area contributed by atoms with E-state index in [0.29, 0.717) is 22.7 Å². The molecule has 1 aromatic heterocycles. The van der Waals surface area contributed by atoms with Crippen LogP contribution < -0.4 is 15.4 Å². The molecule has 0 aliphatic carbocycles. The minimum atomic E-state index is -0.339. The molecule has 2 amide bonds. The van der Waals surface area contributed by atoms with Gasteiger partial charge in [0.25, 0.3) is 11.8 Å². The van der Waals surface area contributed by atoms with Crippen LogP contribution in [0.4, 0.5) is 10.1 Å². The maximum Gasteiger partial charge on any atom is 0.272 e. The number of halogens is 1. The van der Waals surface area contributed by atoms with Crippen molar-refractivity contribution in [1.82, 2.24) is 15.1 Å². The number of carbonyl (C=O) groups excluding carboxylic acids is 2. The Balaban J connectivity index is 1.49. The zero-order chi connectivity index (χ0) is 20.5. The van der Waals surface area contributed by atoms with Crippen molar-refractivity contribution in [2.75, 3.05) is 11.9 Å². The van der Waals surface area contributed by atoms with E-state index in [0.717, 1.165) is 5.56 Å². The summed E-state index contributed by atoms with van der Waals surface area (Å²) in [5, 5.41) is 9.95. The Morgan fingerprint density at radius 1 is 1.28 bits per heavy atom. The fourth-order valence-corrected chi connectivity index (χ4v) is 3.18. The van der Waals surface area contributed by atoms with Gasteiger partial charge in [0.15, 0.2) is 12.3 Å². The van der Waals surface area contributed by atoms with Crippen LogP contribution in [-0.2, 0) is 4.79 Å². The molecule has 0 saturated carbocycles. The van der Waals surface area contributed by atoms with Crippen LogP contribution in [-0.4, -0.2) is 28.2 Å². The van der Waals surface area contributed by atoms with Gasteiger partial charge >= 0.3 is 0 Å². The lowest BCUT2D eigenvalue weighted by atomic mass is 10.1. The second kappa shape index (κ2) is 7.38. The Hall–Kier alpha value is -3.68. The van der Waals surface area contributed by atoms with E-state index in [4.69, 9.17) is 4.74 Å². The van der Waals surface area contributed by atoms with Gasteiger partial charge in [-0.15, -0.1) is 0 Å². The van der Waals surface area contributed by atoms with Crippen molar-refractivity contribution < 1.29 is 18.7 Å². The van der Waals surface area contributed by atoms with Gasteiger partial charge in [-0.2, -0.15) is 5.10 Å². The van der Waals surface area contributed by atoms with Gasteiger partial charge in [0.1, 0.15) is 11.6 Å². The molecule has 0 saturated heterocycles. The van der Waals surface area contributed by atoms with E-state index in [1.54, 1.807) is 42.1 Å². The molecular formula is C21H19FN4O3. The minimum absolute atomic E-state index is 0.00513. The van der Waals surface area contributed by atoms with Gasteiger partial charge in [-0.25, -0.2) is 9.07 Å². The van der Waals surface area contributed by atoms with Crippen LogP contribution in [0.25, 0.3) is 5.69 Å². The number of ether oxygens (including phenoxy) is 1. The number of hydrogen-bond acceptors (Lipinski definition) is 4. The minimum Gasteiger partial charge on any atom is -0.482 e. The van der Waals surface area contributed by atoms with Gasteiger partial charge in [0.2, 0.25) is 0 Å². The standard InChI is InChI=1S/C21H19FN4O3/c1-12-9-15(22)4-5-18(12)26-8-7-16(25-26)21(28)23-13(2)14-3-6-19-17(10-14)24-20(27)11-29-19/h3-10,13H,11H2,1-2H3,(H,23,28)(H,24,27)/t13-/m0/s1. The molecule has 2 heterocycles. The Morgan fingerprint density at radius 2 is 2.10 bits per heavy atom. The van der Waals surface area contributed by atoms with Gasteiger partial charge < -0.3 is 15.4 Å². The SMILES string of the molecule is Cc1cc(F)ccc1-n1ccc(C(=O)N[C@@H](C)c2ccc3c(c2)NC(=O)CO3)n1. The molecule has 7 nitrogen and oxygen atoms in total. The summed E-state index contributed by atoms with van der Waals surface area (Å²) >= 11 is 0. The Kier molecular flexibility index (Phi) is 4.75. The fourth-order valence-electron chi connectivity index (χ4n) is 3.18. The van der Waals surface area contributed by atoms with Crippen molar-refractivity contribution in [3.63, 3.8) is 0 Å². The van der Waals surface area contributed by atoms with Crippen molar-refractivity contribution >= 4 is 17.5 Å². The van der Waals surface area contributed by atoms with Gasteiger partial charge in [-0.1, -0.05) is 6.07 Å². The third kappa shape index (κ3) is 3.82. The molecule has 0 bridgehead atoms. The highest BCUT2D eigenvalue weighted by molar-refractivity contribution is 5.95. The van der Waals surface area contributed by atoms with Crippen LogP contribution in [0.3, 0.4) is 0 Å². The summed E-state index contributed by atoms with van der Waals surface area (Å²) in [6, 6.07) is 11.0. The molecule has 29 heavy (non-hydrogen) atoms. The van der Waals surface area contributed by atoms with Crippen LogP contribution in [0.2, 0.25) is 0 Å². The highest BCUT2D eigenvalue weighted by Gasteiger charge is 2.19. The number of amides is 2. The Labute approximate surface area is 166 Å². The topological polar surface area (TPSA) is 85.2 Å². The second-order valence-electron chi connectivity index (χ2n) is 6.86. The van der Waals surface area contributed by atoms with Crippen LogP contribution in [0, 0.1) is 12.7 Å². The largest absolute Gasteiger partial charge is 0.482 e. The number of aromatic nitrogens is 2. The fraction of sp³-hybridized carbons (Fsp3) is 0.190. The lowest BCUT2D eigenvalue weighted by molar-refractivity contribution is -0.118. The molecular weight excluding hydrogens is 375 g/mol. The maximum atomic E-state index is 13.3. The number of nitrogens with zero attached hydrogens (tertiary/aromatic N) is 2. The van der Waals surface area contributed by atoms with Crippen molar-refractivity contribution in [3.8, 4) is 11.4 Å². The molecule has 8 heteroatoms. The lowest BCUT2D eigenvalue weighted by Crippen LogP contribution is -2.28. The third-order valence-corrected chi connectivity index (χ3v) is 4.71. The smallest absolute Gasteiger partial charge is 0.272 e. The summed E-state index contributed by atoms with van der Waals surface area (Å²) < 4.78 is 20.2. The van der Waals surface area contributed by atoms with E-state index in [1.807, 2.05) is 13.0 Å². The molecule has 1 aliphatic heterocycles. The zero-order valence-electron chi connectivity index (χ0n) is 15.9. The number of hydrogen-bond donors (Lipinski definition) is 2. The summed E-state index contributed by atoms with van der Waals surface area (Å²) in [7, 11) is 0. The van der Waals surface area contributed by atoms with Crippen molar-refractivity contribution in [2.24, 2.45) is 0 Å². The number of fused-ring (bicyclic) bond motifs is 1. The molecule has 1 atom stereocenters. The lowest BCUT2D eigenvalue weighted by Gasteiger charge is -2.20. The van der Waals surface area contributed by atoms with Gasteiger partial charge in [-0.3, -0.25) is 9.59 Å². The first-order chi connectivity index (χ1) is 13.9. The molecule has 2 aromatic carbocycles. The molecule has 4 rings (SSSR count). The summed E-state index contributed by atoms with van der Waals surface area (Å²) in [5.74, 6) is -0.279. The third-order valence-electron chi connectivity index (χ3n) is 4.71. The normalized spacial score (nSPS) is 13.8. The highest BCUT2D eigenvalue weighted by atomic mass is 19.1. The van der Waals surface area contributed by atoms with Crippen molar-refractivity contribution in [1.29, 1.82) is 0 Å². The first-order valence-electron chi connectivity index (χ1n) is 9.10. The number of aryl methyl sites for hydroxylation is 1. The molecule has 3 aromatic rings. The molecule has 148 valence electrons. The van der Waals surface area contributed by atoms with Gasteiger partial charge in [0.05, 0.1) is 17.4 Å². The summed E-state index contributed by atoms with van der Waals surface area (Å²) in [6.45, 7) is 3.61. The van der Waals surface area contributed by atoms with Crippen molar-refractivity contribution in [3.05, 3.63) is 71.3 Å². The Morgan fingerprint density at radius 3 is 2.90 bits per heavy atom. The average molecular weight is 394 g/mol. The number of anilines is 1. The van der Waals surface area contributed by atoms with E-state index in [-0.39, 0.29) is 36.0 Å². The molecule has 0 fully saturated rings. The van der Waals surface area contributed by atoms with Crippen LogP contribution in [0.1, 0.15) is 34.6 Å². The molecule has 0 unspecified atom stereocenters. The van der Waals surface area contributed by atoms with Gasteiger partial charge in [0, 0.05) is 6.20 Å². The van der Waals surface area contributed by atoms with E-state index in [2.05, 4.69) is 15.7 Å². The average Bonchev–Trinajstić information content (AvgIpc) is 3.17. The number of benzene rings is 2. The van der Waals surface area contributed by atoms with Gasteiger partial charge in [-0.05, 0) is 61.4 Å². The summed E-state index contributed by atoms with van der Waals surface area (Å²) in [4.78, 5) is 24.1. The molecule has 1 aliphatic rings. The second-order valence-corrected chi connectivity index (χ2v) is 6.86. The first-order valence-corrected chi connectivity index (χ1v) is 9.10. The molecule has 0 spiro atoms. The monoisotopic (exact) mass is 394 g/mol. The Bertz CT molecular complexity index is 1110. The predicted octanol–water partition coefficient (Wildman–Crippen LogP) is 3.14. The highest BCUT2D eigenvalue weighted by Crippen LogP contribution is 2.30. The van der Waals surface area contributed by atoms with Crippen molar-refractivity contribution in [2.45, 2.75) is 19.9 Å². The quantitative estimate of drug-likeness (QED) is 0.712. The van der Waals surface area contributed by atoms with Crippen LogP contribution >= 0.6 is 0 Å². The number of nitrogens with one attached hydrogen (secondary N) is 2. The predicted molar refractivity (Wildman–Crippen MR) is 105 cm³/mol. The van der Waals surface area contributed by atoms with Crippen LogP contribution in [0.5, 0.6) is 5.75 Å². The summed E-state index contributed by atoms with van der Waals surface area (Å²) in [6.07, 6.45) is 1.66. The van der Waals surface area contributed by atoms with E-state index >= 15 is 0 Å². The summed E-state index contributed by atoms with van der Waals surface area (Å²) in [5.41, 5.74) is 3.05. The zero-order valence-corrected chi connectivity index (χ0v) is 15.9. The maximum absolute atomic E-state index is 13.3. The molecule has 0 radical (unpaired) electrons. The van der Waals surface area contributed by atoms with Crippen LogP contribution in [0.15, 0.2) is 48.7 Å². The number of carbonyl (C=O) groups is 2. The van der Waals surface area contributed by atoms with E-state index in [9.17, 15) is 14.0 Å². The van der Waals surface area contributed by atoms with E-state index in [1.165, 1.54) is 12.1 Å². The molecule has 2 N–H and O–H groups in total. The van der Waals surface area contributed by atoms with E-state index < -0.39 is 0 Å². The first kappa shape index (κ1) is 18.7. The number of rotatable bonds is 4.